The van der Waals surface area contributed by atoms with Crippen LogP contribution >= 0.6 is 0 Å². The molecule has 0 N–H and O–H groups in total. The lowest BCUT2D eigenvalue weighted by molar-refractivity contribution is 0.323. The van der Waals surface area contributed by atoms with E-state index in [4.69, 9.17) is 18.9 Å². The predicted molar refractivity (Wildman–Crippen MR) is 121 cm³/mol. The maximum atomic E-state index is 14.1. The van der Waals surface area contributed by atoms with E-state index in [1.54, 1.807) is 36.4 Å². The molecule has 6 heteroatoms. The summed E-state index contributed by atoms with van der Waals surface area (Å²) in [5, 5.41) is 0. The lowest BCUT2D eigenvalue weighted by atomic mass is 9.84. The molecular weight excluding hydrogens is 414 g/mol. The summed E-state index contributed by atoms with van der Waals surface area (Å²) < 4.78 is 49.9. The van der Waals surface area contributed by atoms with E-state index in [2.05, 4.69) is 0 Å². The average molecular weight is 440 g/mol. The van der Waals surface area contributed by atoms with Gasteiger partial charge in [0.25, 0.3) is 6.08 Å². The topological polar surface area (TPSA) is 36.9 Å². The SMILES string of the molecule is COc1ccc(C(CC(c2ccccc2)c2cc(OC)c(OC)c(OC)c2)=C(F)F)cc1. The Kier molecular flexibility index (Phi) is 7.71. The van der Waals surface area contributed by atoms with Gasteiger partial charge in [0.1, 0.15) is 5.75 Å². The van der Waals surface area contributed by atoms with Gasteiger partial charge in [0.15, 0.2) is 11.5 Å². The molecule has 0 aromatic heterocycles. The molecule has 0 saturated heterocycles. The van der Waals surface area contributed by atoms with Crippen molar-refractivity contribution in [1.29, 1.82) is 0 Å². The summed E-state index contributed by atoms with van der Waals surface area (Å²) in [5.41, 5.74) is 2.08. The number of hydrogen-bond acceptors (Lipinski definition) is 4. The fourth-order valence-electron chi connectivity index (χ4n) is 3.72. The van der Waals surface area contributed by atoms with Crippen LogP contribution in [0.25, 0.3) is 5.57 Å². The minimum absolute atomic E-state index is 0.0322. The molecule has 1 atom stereocenters. The highest BCUT2D eigenvalue weighted by atomic mass is 19.3. The molecule has 168 valence electrons. The zero-order valence-electron chi connectivity index (χ0n) is 18.5. The van der Waals surface area contributed by atoms with Gasteiger partial charge in [-0.25, -0.2) is 0 Å². The first-order valence-corrected chi connectivity index (χ1v) is 10.1. The molecule has 0 aliphatic rings. The Morgan fingerprint density at radius 2 is 1.31 bits per heavy atom. The van der Waals surface area contributed by atoms with Gasteiger partial charge in [-0.15, -0.1) is 0 Å². The van der Waals surface area contributed by atoms with Gasteiger partial charge in [-0.05, 0) is 47.4 Å². The summed E-state index contributed by atoms with van der Waals surface area (Å²) in [6.45, 7) is 0. The summed E-state index contributed by atoms with van der Waals surface area (Å²) in [6.07, 6.45) is -1.64. The number of methoxy groups -OCH3 is 4. The monoisotopic (exact) mass is 440 g/mol. The van der Waals surface area contributed by atoms with Crippen molar-refractivity contribution in [1.82, 2.24) is 0 Å². The minimum atomic E-state index is -1.72. The number of benzene rings is 3. The van der Waals surface area contributed by atoms with Crippen molar-refractivity contribution in [3.8, 4) is 23.0 Å². The Balaban J connectivity index is 2.12. The Morgan fingerprint density at radius 1 is 0.719 bits per heavy atom. The molecule has 0 amide bonds. The summed E-state index contributed by atoms with van der Waals surface area (Å²) in [5.74, 6) is 1.63. The third-order valence-electron chi connectivity index (χ3n) is 5.37. The van der Waals surface area contributed by atoms with Gasteiger partial charge in [0.2, 0.25) is 5.75 Å². The first-order valence-electron chi connectivity index (χ1n) is 10.1. The van der Waals surface area contributed by atoms with Crippen LogP contribution in [0.4, 0.5) is 8.78 Å². The highest BCUT2D eigenvalue weighted by Gasteiger charge is 2.24. The Labute approximate surface area is 187 Å². The van der Waals surface area contributed by atoms with E-state index in [-0.39, 0.29) is 17.9 Å². The maximum absolute atomic E-state index is 14.1. The zero-order chi connectivity index (χ0) is 23.1. The molecule has 0 spiro atoms. The molecule has 3 aromatic carbocycles. The van der Waals surface area contributed by atoms with Crippen molar-refractivity contribution in [3.05, 3.63) is 89.5 Å². The number of rotatable bonds is 9. The van der Waals surface area contributed by atoms with E-state index >= 15 is 0 Å². The van der Waals surface area contributed by atoms with Crippen molar-refractivity contribution in [2.24, 2.45) is 0 Å². The van der Waals surface area contributed by atoms with E-state index in [1.807, 2.05) is 30.3 Å². The van der Waals surface area contributed by atoms with Gasteiger partial charge in [-0.1, -0.05) is 42.5 Å². The summed E-state index contributed by atoms with van der Waals surface area (Å²) in [4.78, 5) is 0. The van der Waals surface area contributed by atoms with Crippen molar-refractivity contribution in [2.75, 3.05) is 28.4 Å². The summed E-state index contributed by atoms with van der Waals surface area (Å²) in [6, 6.07) is 19.8. The lowest BCUT2D eigenvalue weighted by Gasteiger charge is -2.22. The molecule has 4 nitrogen and oxygen atoms in total. The molecule has 0 aliphatic carbocycles. The van der Waals surface area contributed by atoms with E-state index in [1.165, 1.54) is 28.4 Å². The Morgan fingerprint density at radius 3 is 1.78 bits per heavy atom. The van der Waals surface area contributed by atoms with Crippen LogP contribution < -0.4 is 18.9 Å². The van der Waals surface area contributed by atoms with E-state index in [0.29, 0.717) is 28.6 Å². The van der Waals surface area contributed by atoms with Gasteiger partial charge < -0.3 is 18.9 Å². The fraction of sp³-hybridized carbons (Fsp3) is 0.231. The fourth-order valence-corrected chi connectivity index (χ4v) is 3.72. The first kappa shape index (κ1) is 23.1. The standard InChI is InChI=1S/C26H26F2O4/c1-29-20-12-10-18(11-13-20)22(26(27)28)16-21(17-8-6-5-7-9-17)19-14-23(30-2)25(32-4)24(15-19)31-3/h5-15,21H,16H2,1-4H3. The van der Waals surface area contributed by atoms with E-state index in [0.717, 1.165) is 11.1 Å². The van der Waals surface area contributed by atoms with Crippen molar-refractivity contribution in [3.63, 3.8) is 0 Å². The number of ether oxygens (including phenoxy) is 4. The van der Waals surface area contributed by atoms with Gasteiger partial charge in [0, 0.05) is 11.5 Å². The molecule has 0 radical (unpaired) electrons. The van der Waals surface area contributed by atoms with Crippen LogP contribution in [0.15, 0.2) is 72.8 Å². The van der Waals surface area contributed by atoms with Crippen molar-refractivity contribution in [2.45, 2.75) is 12.3 Å². The molecule has 1 unspecified atom stereocenters. The molecule has 3 aromatic rings. The third-order valence-corrected chi connectivity index (χ3v) is 5.37. The molecule has 0 saturated carbocycles. The van der Waals surface area contributed by atoms with Crippen LogP contribution in [0, 0.1) is 0 Å². The number of allylic oxidation sites excluding steroid dienone is 1. The van der Waals surface area contributed by atoms with Gasteiger partial charge in [-0.2, -0.15) is 8.78 Å². The van der Waals surface area contributed by atoms with Gasteiger partial charge in [-0.3, -0.25) is 0 Å². The first-order chi connectivity index (χ1) is 15.5. The van der Waals surface area contributed by atoms with Crippen LogP contribution in [0.1, 0.15) is 29.0 Å². The molecule has 3 rings (SSSR count). The van der Waals surface area contributed by atoms with Crippen LogP contribution in [0.5, 0.6) is 23.0 Å². The molecule has 32 heavy (non-hydrogen) atoms. The minimum Gasteiger partial charge on any atom is -0.497 e. The van der Waals surface area contributed by atoms with Crippen LogP contribution in [-0.4, -0.2) is 28.4 Å². The molecular formula is C26H26F2O4. The second-order valence-electron chi connectivity index (χ2n) is 7.09. The lowest BCUT2D eigenvalue weighted by Crippen LogP contribution is -2.05. The quantitative estimate of drug-likeness (QED) is 0.378. The highest BCUT2D eigenvalue weighted by molar-refractivity contribution is 5.69. The van der Waals surface area contributed by atoms with Crippen molar-refractivity contribution >= 4 is 5.57 Å². The normalized spacial score (nSPS) is 11.4. The van der Waals surface area contributed by atoms with E-state index < -0.39 is 6.08 Å². The second kappa shape index (κ2) is 10.7. The summed E-state index contributed by atoms with van der Waals surface area (Å²) >= 11 is 0. The highest BCUT2D eigenvalue weighted by Crippen LogP contribution is 2.44. The van der Waals surface area contributed by atoms with Crippen LogP contribution in [0.3, 0.4) is 0 Å². The Bertz CT molecular complexity index is 1030. The predicted octanol–water partition coefficient (Wildman–Crippen LogP) is 6.55. The molecule has 0 fully saturated rings. The smallest absolute Gasteiger partial charge is 0.274 e. The Hall–Kier alpha value is -3.54. The number of hydrogen-bond donors (Lipinski definition) is 0. The maximum Gasteiger partial charge on any atom is 0.274 e. The average Bonchev–Trinajstić information content (AvgIpc) is 2.84. The largest absolute Gasteiger partial charge is 0.497 e. The molecule has 0 aliphatic heterocycles. The van der Waals surface area contributed by atoms with Crippen LogP contribution in [0.2, 0.25) is 0 Å². The van der Waals surface area contributed by atoms with Crippen molar-refractivity contribution < 1.29 is 27.7 Å². The van der Waals surface area contributed by atoms with Gasteiger partial charge >= 0.3 is 0 Å². The van der Waals surface area contributed by atoms with Crippen LogP contribution in [-0.2, 0) is 0 Å². The zero-order valence-corrected chi connectivity index (χ0v) is 18.5. The third kappa shape index (κ3) is 5.02. The molecule has 0 bridgehead atoms. The number of halogens is 2. The van der Waals surface area contributed by atoms with Gasteiger partial charge in [0.05, 0.1) is 28.4 Å². The van der Waals surface area contributed by atoms with E-state index in [9.17, 15) is 8.78 Å². The second-order valence-corrected chi connectivity index (χ2v) is 7.09. The molecule has 0 heterocycles. The summed E-state index contributed by atoms with van der Waals surface area (Å²) in [7, 11) is 6.13.